The number of nitrogens with zero attached hydrogens (tertiary/aromatic N) is 2. The summed E-state index contributed by atoms with van der Waals surface area (Å²) in [6.07, 6.45) is 6.47. The Hall–Kier alpha value is -2.46. The fourth-order valence-corrected chi connectivity index (χ4v) is 2.97. The zero-order chi connectivity index (χ0) is 18.4. The number of benzene rings is 1. The van der Waals surface area contributed by atoms with Crippen molar-refractivity contribution >= 4 is 22.4 Å². The van der Waals surface area contributed by atoms with E-state index >= 15 is 0 Å². The molecule has 0 unspecified atom stereocenters. The van der Waals surface area contributed by atoms with Gasteiger partial charge in [-0.25, -0.2) is 9.97 Å². The first kappa shape index (κ1) is 18.3. The minimum Gasteiger partial charge on any atom is -0.325 e. The van der Waals surface area contributed by atoms with Gasteiger partial charge in [0.25, 0.3) is 0 Å². The first-order valence-corrected chi connectivity index (χ1v) is 9.37. The van der Waals surface area contributed by atoms with Crippen LogP contribution in [0.5, 0.6) is 0 Å². The van der Waals surface area contributed by atoms with Crippen LogP contribution in [0.25, 0.3) is 10.8 Å². The number of aryl methyl sites for hydroxylation is 2. The zero-order valence-electron chi connectivity index (χ0n) is 15.9. The molecule has 0 radical (unpaired) electrons. The molecule has 4 heteroatoms. The number of anilines is 2. The van der Waals surface area contributed by atoms with Crippen molar-refractivity contribution in [2.75, 3.05) is 18.4 Å². The minimum atomic E-state index is 0.810. The van der Waals surface area contributed by atoms with Crippen LogP contribution < -0.4 is 10.6 Å². The number of pyridine rings is 2. The molecule has 26 heavy (non-hydrogen) atoms. The maximum absolute atomic E-state index is 4.40. The fourth-order valence-electron chi connectivity index (χ4n) is 2.97. The van der Waals surface area contributed by atoms with Crippen LogP contribution in [0.1, 0.15) is 30.9 Å². The standard InChI is InChI=1S/C16H15N3.C6H13N/c1-11-3-5-13-10-18-16(8-14(13)7-11)19-15-6-4-12(2)9-17-15;1-6-2-4-7-5-3-6/h3-10H,1-2H3,(H,17,18,19);6-7H,2-5H2,1H3. The topological polar surface area (TPSA) is 49.8 Å². The molecule has 2 aromatic heterocycles. The van der Waals surface area contributed by atoms with E-state index in [1.54, 1.807) is 0 Å². The van der Waals surface area contributed by atoms with E-state index in [9.17, 15) is 0 Å². The normalized spacial score (nSPS) is 14.6. The number of hydrogen-bond acceptors (Lipinski definition) is 4. The summed E-state index contributed by atoms with van der Waals surface area (Å²) in [6, 6.07) is 12.4. The van der Waals surface area contributed by atoms with E-state index in [1.807, 2.05) is 37.5 Å². The molecular formula is C22H28N4. The van der Waals surface area contributed by atoms with E-state index in [4.69, 9.17) is 0 Å². The second-order valence-electron chi connectivity index (χ2n) is 7.20. The molecule has 0 amide bonds. The molecule has 3 heterocycles. The molecule has 0 bridgehead atoms. The highest BCUT2D eigenvalue weighted by atomic mass is 15.0. The first-order chi connectivity index (χ1) is 12.6. The Morgan fingerprint density at radius 1 is 0.846 bits per heavy atom. The molecule has 2 N–H and O–H groups in total. The third-order valence-corrected chi connectivity index (χ3v) is 4.67. The van der Waals surface area contributed by atoms with Gasteiger partial charge in [0.1, 0.15) is 11.6 Å². The SMILES string of the molecule is CC1CCNCC1.Cc1ccc(Nc2cc3cc(C)ccc3cn2)nc1. The summed E-state index contributed by atoms with van der Waals surface area (Å²) < 4.78 is 0. The molecule has 136 valence electrons. The van der Waals surface area contributed by atoms with E-state index in [0.29, 0.717) is 0 Å². The van der Waals surface area contributed by atoms with Crippen LogP contribution in [0.3, 0.4) is 0 Å². The molecule has 1 aliphatic rings. The number of rotatable bonds is 2. The monoisotopic (exact) mass is 348 g/mol. The van der Waals surface area contributed by atoms with Gasteiger partial charge in [-0.15, -0.1) is 0 Å². The summed E-state index contributed by atoms with van der Waals surface area (Å²) in [5.41, 5.74) is 2.39. The van der Waals surface area contributed by atoms with Crippen molar-refractivity contribution < 1.29 is 0 Å². The second kappa shape index (κ2) is 8.77. The predicted molar refractivity (Wildman–Crippen MR) is 110 cm³/mol. The smallest absolute Gasteiger partial charge is 0.132 e. The van der Waals surface area contributed by atoms with Crippen molar-refractivity contribution in [3.05, 3.63) is 59.9 Å². The number of fused-ring (bicyclic) bond motifs is 1. The molecule has 3 aromatic rings. The highest BCUT2D eigenvalue weighted by Crippen LogP contribution is 2.20. The van der Waals surface area contributed by atoms with Crippen LogP contribution in [-0.2, 0) is 0 Å². The second-order valence-corrected chi connectivity index (χ2v) is 7.20. The largest absolute Gasteiger partial charge is 0.325 e. The van der Waals surface area contributed by atoms with E-state index in [0.717, 1.165) is 28.5 Å². The Labute approximate surface area is 156 Å². The summed E-state index contributed by atoms with van der Waals surface area (Å²) >= 11 is 0. The van der Waals surface area contributed by atoms with Crippen molar-refractivity contribution in [2.45, 2.75) is 33.6 Å². The van der Waals surface area contributed by atoms with Crippen LogP contribution in [0, 0.1) is 19.8 Å². The lowest BCUT2D eigenvalue weighted by Gasteiger charge is -2.17. The highest BCUT2D eigenvalue weighted by Gasteiger charge is 2.05. The predicted octanol–water partition coefficient (Wildman–Crippen LogP) is 5.00. The molecule has 1 aromatic carbocycles. The van der Waals surface area contributed by atoms with Crippen LogP contribution in [0.4, 0.5) is 11.6 Å². The molecule has 1 aliphatic heterocycles. The van der Waals surface area contributed by atoms with Crippen molar-refractivity contribution in [1.29, 1.82) is 0 Å². The summed E-state index contributed by atoms with van der Waals surface area (Å²) in [7, 11) is 0. The average molecular weight is 348 g/mol. The van der Waals surface area contributed by atoms with Gasteiger partial charge in [-0.2, -0.15) is 0 Å². The fraction of sp³-hybridized carbons (Fsp3) is 0.364. The van der Waals surface area contributed by atoms with Crippen molar-refractivity contribution in [2.24, 2.45) is 5.92 Å². The molecular weight excluding hydrogens is 320 g/mol. The zero-order valence-corrected chi connectivity index (χ0v) is 15.9. The van der Waals surface area contributed by atoms with E-state index in [2.05, 4.69) is 52.6 Å². The Kier molecular flexibility index (Phi) is 6.18. The Morgan fingerprint density at radius 2 is 1.58 bits per heavy atom. The van der Waals surface area contributed by atoms with Crippen molar-refractivity contribution in [3.8, 4) is 0 Å². The van der Waals surface area contributed by atoms with E-state index in [1.165, 1.54) is 36.9 Å². The molecule has 4 nitrogen and oxygen atoms in total. The third-order valence-electron chi connectivity index (χ3n) is 4.67. The van der Waals surface area contributed by atoms with Crippen LogP contribution in [0.2, 0.25) is 0 Å². The van der Waals surface area contributed by atoms with E-state index < -0.39 is 0 Å². The Balaban J connectivity index is 0.000000236. The highest BCUT2D eigenvalue weighted by molar-refractivity contribution is 5.85. The summed E-state index contributed by atoms with van der Waals surface area (Å²) in [4.78, 5) is 8.72. The molecule has 0 aliphatic carbocycles. The maximum Gasteiger partial charge on any atom is 0.132 e. The van der Waals surface area contributed by atoms with Crippen LogP contribution in [-0.4, -0.2) is 23.1 Å². The van der Waals surface area contributed by atoms with Gasteiger partial charge in [-0.1, -0.05) is 36.8 Å². The van der Waals surface area contributed by atoms with E-state index in [-0.39, 0.29) is 0 Å². The van der Waals surface area contributed by atoms with Gasteiger partial charge >= 0.3 is 0 Å². The molecule has 4 rings (SSSR count). The average Bonchev–Trinajstić information content (AvgIpc) is 2.64. The molecule has 1 fully saturated rings. The lowest BCUT2D eigenvalue weighted by Crippen LogP contribution is -2.26. The van der Waals surface area contributed by atoms with Gasteiger partial charge < -0.3 is 10.6 Å². The Morgan fingerprint density at radius 3 is 2.23 bits per heavy atom. The van der Waals surface area contributed by atoms with Crippen LogP contribution >= 0.6 is 0 Å². The van der Waals surface area contributed by atoms with Crippen LogP contribution in [0.15, 0.2) is 48.8 Å². The number of hydrogen-bond donors (Lipinski definition) is 2. The van der Waals surface area contributed by atoms with Crippen molar-refractivity contribution in [1.82, 2.24) is 15.3 Å². The van der Waals surface area contributed by atoms with Gasteiger partial charge in [0.15, 0.2) is 0 Å². The van der Waals surface area contributed by atoms with Crippen molar-refractivity contribution in [3.63, 3.8) is 0 Å². The molecule has 0 saturated carbocycles. The van der Waals surface area contributed by atoms with Gasteiger partial charge in [-0.3, -0.25) is 0 Å². The number of nitrogens with one attached hydrogen (secondary N) is 2. The molecule has 1 saturated heterocycles. The summed E-state index contributed by atoms with van der Waals surface area (Å²) in [6.45, 7) is 8.91. The lowest BCUT2D eigenvalue weighted by molar-refractivity contribution is 0.402. The summed E-state index contributed by atoms with van der Waals surface area (Å²) in [5, 5.41) is 8.87. The quantitative estimate of drug-likeness (QED) is 0.684. The first-order valence-electron chi connectivity index (χ1n) is 9.37. The van der Waals surface area contributed by atoms with Gasteiger partial charge in [0, 0.05) is 17.8 Å². The van der Waals surface area contributed by atoms with Gasteiger partial charge in [0.05, 0.1) is 0 Å². The van der Waals surface area contributed by atoms with Gasteiger partial charge in [0.2, 0.25) is 0 Å². The summed E-state index contributed by atoms with van der Waals surface area (Å²) in [5.74, 6) is 2.60. The number of piperidine rings is 1. The molecule has 0 spiro atoms. The lowest BCUT2D eigenvalue weighted by atomic mass is 10.0. The van der Waals surface area contributed by atoms with Gasteiger partial charge in [-0.05, 0) is 68.8 Å². The molecule has 0 atom stereocenters. The number of aromatic nitrogens is 2. The third kappa shape index (κ3) is 5.27. The Bertz CT molecular complexity index is 836. The maximum atomic E-state index is 4.40. The minimum absolute atomic E-state index is 0.810.